The lowest BCUT2D eigenvalue weighted by Gasteiger charge is -2.61. The molecule has 4 N–H and O–H groups in total. The molecule has 24 heavy (non-hydrogen) atoms. The minimum Gasteiger partial charge on any atom is -0.481 e. The molecule has 3 saturated carbocycles. The monoisotopic (exact) mass is 342 g/mol. The molecule has 2 bridgehead atoms. The van der Waals surface area contributed by atoms with E-state index in [0.29, 0.717) is 12.8 Å². The number of hydrogen-bond donors (Lipinski definition) is 4. The van der Waals surface area contributed by atoms with Gasteiger partial charge in [0.2, 0.25) is 0 Å². The van der Waals surface area contributed by atoms with Crippen molar-refractivity contribution in [1.82, 2.24) is 0 Å². The first-order valence-corrected chi connectivity index (χ1v) is 8.00. The van der Waals surface area contributed by atoms with Crippen LogP contribution in [0.2, 0.25) is 0 Å². The number of carbonyl (C=O) groups is 4. The maximum absolute atomic E-state index is 11.9. The van der Waals surface area contributed by atoms with Crippen LogP contribution in [-0.2, 0) is 19.2 Å². The van der Waals surface area contributed by atoms with Gasteiger partial charge in [0.15, 0.2) is 0 Å². The van der Waals surface area contributed by atoms with Gasteiger partial charge >= 0.3 is 23.9 Å². The Hall–Kier alpha value is -2.12. The van der Waals surface area contributed by atoms with Crippen LogP contribution in [0.4, 0.5) is 0 Å². The van der Waals surface area contributed by atoms with E-state index in [2.05, 4.69) is 0 Å². The second kappa shape index (κ2) is 6.07. The molecule has 3 rings (SSSR count). The Balaban J connectivity index is 2.71. The molecule has 3 aliphatic rings. The molecule has 0 heterocycles. The fourth-order valence-electron chi connectivity index (χ4n) is 5.34. The first-order chi connectivity index (χ1) is 11.1. The van der Waals surface area contributed by atoms with E-state index in [9.17, 15) is 39.6 Å². The minimum absolute atomic E-state index is 0.228. The molecule has 8 nitrogen and oxygen atoms in total. The van der Waals surface area contributed by atoms with Crippen molar-refractivity contribution < 1.29 is 39.6 Å². The molecule has 0 aromatic carbocycles. The summed E-state index contributed by atoms with van der Waals surface area (Å²) in [5, 5.41) is 38.4. The van der Waals surface area contributed by atoms with E-state index in [1.165, 1.54) is 6.92 Å². The van der Waals surface area contributed by atoms with E-state index in [1.807, 2.05) is 6.92 Å². The third-order valence-corrected chi connectivity index (χ3v) is 6.16. The minimum atomic E-state index is -1.42. The van der Waals surface area contributed by atoms with Crippen molar-refractivity contribution in [2.24, 2.45) is 40.9 Å². The van der Waals surface area contributed by atoms with Crippen molar-refractivity contribution >= 4 is 23.9 Å². The van der Waals surface area contributed by atoms with Gasteiger partial charge in [-0.15, -0.1) is 0 Å². The number of fused-ring (bicyclic) bond motifs is 3. The molecule has 0 spiro atoms. The summed E-state index contributed by atoms with van der Waals surface area (Å²) in [6.07, 6.45) is 1.45. The van der Waals surface area contributed by atoms with Gasteiger partial charge in [-0.05, 0) is 23.7 Å². The number of hydrogen-bond acceptors (Lipinski definition) is 4. The van der Waals surface area contributed by atoms with Crippen molar-refractivity contribution in [3.05, 3.63) is 0 Å². The van der Waals surface area contributed by atoms with E-state index >= 15 is 0 Å². The highest BCUT2D eigenvalue weighted by Gasteiger charge is 2.71. The Morgan fingerprint density at radius 1 is 0.875 bits per heavy atom. The van der Waals surface area contributed by atoms with Crippen molar-refractivity contribution in [2.75, 3.05) is 0 Å². The number of carboxylic acid groups (broad SMARTS) is 4. The standard InChI is InChI=1S/C16H22O8/c1-3-4-6-5-7-8(12(17)18)10(14(21)22)16(6,2)11(15(23)24)9(7)13(19)20/h6-11H,3-5H2,1-2H3,(H,17,18)(H,19,20)(H,21,22)(H,23,24). The van der Waals surface area contributed by atoms with Crippen LogP contribution in [0.5, 0.6) is 0 Å². The molecule has 0 saturated heterocycles. The first kappa shape index (κ1) is 18.2. The average Bonchev–Trinajstić information content (AvgIpc) is 2.45. The summed E-state index contributed by atoms with van der Waals surface area (Å²) in [4.78, 5) is 47.1. The molecule has 3 aliphatic carbocycles. The molecule has 5 unspecified atom stereocenters. The predicted octanol–water partition coefficient (Wildman–Crippen LogP) is 1.25. The zero-order valence-corrected chi connectivity index (χ0v) is 13.5. The highest BCUT2D eigenvalue weighted by atomic mass is 16.4. The topological polar surface area (TPSA) is 149 Å². The SMILES string of the molecule is CCCC1CC2C(C(=O)O)C(C(=O)O)C1(C)C(C(=O)O)C2C(=O)O. The maximum Gasteiger partial charge on any atom is 0.307 e. The normalized spacial score (nSPS) is 40.9. The van der Waals surface area contributed by atoms with Crippen LogP contribution in [-0.4, -0.2) is 44.3 Å². The van der Waals surface area contributed by atoms with Gasteiger partial charge in [0.05, 0.1) is 23.7 Å². The van der Waals surface area contributed by atoms with Crippen LogP contribution < -0.4 is 0 Å². The van der Waals surface area contributed by atoms with Crippen LogP contribution in [0.15, 0.2) is 0 Å². The highest BCUT2D eigenvalue weighted by molar-refractivity contribution is 5.88. The van der Waals surface area contributed by atoms with Crippen LogP contribution >= 0.6 is 0 Å². The summed E-state index contributed by atoms with van der Waals surface area (Å²) in [5.41, 5.74) is -1.42. The van der Waals surface area contributed by atoms with Crippen LogP contribution in [0.3, 0.4) is 0 Å². The lowest BCUT2D eigenvalue weighted by molar-refractivity contribution is -0.218. The average molecular weight is 342 g/mol. The Morgan fingerprint density at radius 2 is 1.29 bits per heavy atom. The summed E-state index contributed by atoms with van der Waals surface area (Å²) in [6, 6.07) is 0. The van der Waals surface area contributed by atoms with E-state index in [0.717, 1.165) is 0 Å². The molecule has 8 heteroatoms. The Bertz CT molecular complexity index is 543. The zero-order chi connectivity index (χ0) is 18.4. The van der Waals surface area contributed by atoms with Gasteiger partial charge in [-0.2, -0.15) is 0 Å². The maximum atomic E-state index is 11.9. The summed E-state index contributed by atoms with van der Waals surface area (Å²) in [6.45, 7) is 3.33. The quantitative estimate of drug-likeness (QED) is 0.563. The molecular formula is C16H22O8. The molecule has 0 aromatic heterocycles. The van der Waals surface area contributed by atoms with Crippen molar-refractivity contribution in [2.45, 2.75) is 33.1 Å². The molecular weight excluding hydrogens is 320 g/mol. The molecule has 0 aliphatic heterocycles. The van der Waals surface area contributed by atoms with Crippen LogP contribution in [0.25, 0.3) is 0 Å². The third-order valence-electron chi connectivity index (χ3n) is 6.16. The largest absolute Gasteiger partial charge is 0.481 e. The summed E-state index contributed by atoms with van der Waals surface area (Å²) in [5.74, 6) is -12.4. The van der Waals surface area contributed by atoms with Crippen molar-refractivity contribution in [3.63, 3.8) is 0 Å². The van der Waals surface area contributed by atoms with Crippen LogP contribution in [0, 0.1) is 40.9 Å². The fraction of sp³-hybridized carbons (Fsp3) is 0.750. The molecule has 3 fully saturated rings. The van der Waals surface area contributed by atoms with Crippen molar-refractivity contribution in [3.8, 4) is 0 Å². The third kappa shape index (κ3) is 2.35. The number of rotatable bonds is 6. The predicted molar refractivity (Wildman–Crippen MR) is 79.1 cm³/mol. The van der Waals surface area contributed by atoms with Gasteiger partial charge in [-0.1, -0.05) is 26.7 Å². The molecule has 0 radical (unpaired) electrons. The van der Waals surface area contributed by atoms with Gasteiger partial charge in [0.1, 0.15) is 0 Å². The summed E-state index contributed by atoms with van der Waals surface area (Å²) in [7, 11) is 0. The van der Waals surface area contributed by atoms with Crippen LogP contribution in [0.1, 0.15) is 33.1 Å². The zero-order valence-electron chi connectivity index (χ0n) is 13.5. The smallest absolute Gasteiger partial charge is 0.307 e. The fourth-order valence-corrected chi connectivity index (χ4v) is 5.34. The Morgan fingerprint density at radius 3 is 1.58 bits per heavy atom. The van der Waals surface area contributed by atoms with Gasteiger partial charge in [-0.3, -0.25) is 19.2 Å². The van der Waals surface area contributed by atoms with Crippen molar-refractivity contribution in [1.29, 1.82) is 0 Å². The van der Waals surface area contributed by atoms with Gasteiger partial charge in [0, 0.05) is 0 Å². The van der Waals surface area contributed by atoms with Gasteiger partial charge < -0.3 is 20.4 Å². The Labute approximate surface area is 138 Å². The lowest BCUT2D eigenvalue weighted by atomic mass is 9.39. The molecule has 5 atom stereocenters. The highest BCUT2D eigenvalue weighted by Crippen LogP contribution is 2.65. The number of aliphatic carboxylic acids is 4. The second-order valence-corrected chi connectivity index (χ2v) is 7.11. The molecule has 0 amide bonds. The summed E-state index contributed by atoms with van der Waals surface area (Å²) < 4.78 is 0. The van der Waals surface area contributed by atoms with Gasteiger partial charge in [0.25, 0.3) is 0 Å². The molecule has 0 aromatic rings. The number of carboxylic acids is 4. The molecule has 134 valence electrons. The second-order valence-electron chi connectivity index (χ2n) is 7.11. The summed E-state index contributed by atoms with van der Waals surface area (Å²) >= 11 is 0. The lowest BCUT2D eigenvalue weighted by Crippen LogP contribution is -2.67. The van der Waals surface area contributed by atoms with Gasteiger partial charge in [-0.25, -0.2) is 0 Å². The van der Waals surface area contributed by atoms with E-state index in [4.69, 9.17) is 0 Å². The van der Waals surface area contributed by atoms with E-state index in [1.54, 1.807) is 0 Å². The van der Waals surface area contributed by atoms with E-state index in [-0.39, 0.29) is 12.3 Å². The Kier molecular flexibility index (Phi) is 4.61. The first-order valence-electron chi connectivity index (χ1n) is 8.00. The van der Waals surface area contributed by atoms with E-state index < -0.39 is 58.9 Å².